The van der Waals surface area contributed by atoms with Gasteiger partial charge in [0.2, 0.25) is 0 Å². The van der Waals surface area contributed by atoms with Gasteiger partial charge >= 0.3 is 35.5 Å². The Bertz CT molecular complexity index is 1560. The summed E-state index contributed by atoms with van der Waals surface area (Å²) in [7, 11) is 0. The molecule has 1 N–H and O–H groups in total. The van der Waals surface area contributed by atoms with Crippen molar-refractivity contribution in [3.8, 4) is 35.2 Å². The molecule has 4 aliphatic rings. The van der Waals surface area contributed by atoms with Crippen LogP contribution in [0, 0.1) is 34.5 Å². The average molecular weight is 727 g/mol. The van der Waals surface area contributed by atoms with Crippen LogP contribution in [0.25, 0.3) is 0 Å². The van der Waals surface area contributed by atoms with Gasteiger partial charge in [0, 0.05) is 12.4 Å². The Kier molecular flexibility index (Phi) is 16.7. The number of aliphatic carboxylic acids is 2. The predicted molar refractivity (Wildman–Crippen MR) is 204 cm³/mol. The summed E-state index contributed by atoms with van der Waals surface area (Å²) < 4.78 is 12.0. The van der Waals surface area contributed by atoms with Crippen LogP contribution in [0.4, 0.5) is 0 Å². The second kappa shape index (κ2) is 20.9. The first-order valence-electron chi connectivity index (χ1n) is 19.3. The van der Waals surface area contributed by atoms with Crippen LogP contribution >= 0.6 is 0 Å². The first kappa shape index (κ1) is 42.3. The van der Waals surface area contributed by atoms with E-state index in [0.29, 0.717) is 24.0 Å². The summed E-state index contributed by atoms with van der Waals surface area (Å²) in [6.45, 7) is 4.77. The van der Waals surface area contributed by atoms with Crippen molar-refractivity contribution in [2.45, 2.75) is 128 Å². The molecule has 53 heavy (non-hydrogen) atoms. The topological polar surface area (TPSA) is 95.9 Å². The molecule has 2 atom stereocenters. The van der Waals surface area contributed by atoms with E-state index in [1.54, 1.807) is 13.8 Å². The van der Waals surface area contributed by atoms with Crippen molar-refractivity contribution in [2.24, 2.45) is 10.8 Å². The van der Waals surface area contributed by atoms with Crippen molar-refractivity contribution in [3.63, 3.8) is 0 Å². The van der Waals surface area contributed by atoms with Gasteiger partial charge in [0.15, 0.2) is 0 Å². The first-order valence-corrected chi connectivity index (χ1v) is 19.3. The SMILES string of the molecule is CC#C[C@@H](CC(=O)O)c1ccc(OCC2=CC3(CCCC3)CCC2)cc1.CC#C[C@@H](CC(=O)[O-])c1ccc(OCC2=CC3(CCCC3)CCC2)cc1.[Na+]. The molecule has 0 unspecified atom stereocenters. The molecule has 2 fully saturated rings. The normalized spacial score (nSPS) is 19.0. The van der Waals surface area contributed by atoms with Gasteiger partial charge < -0.3 is 24.5 Å². The van der Waals surface area contributed by atoms with Crippen LogP contribution < -0.4 is 44.1 Å². The van der Waals surface area contributed by atoms with E-state index in [2.05, 4.69) is 35.8 Å². The minimum atomic E-state index is -1.08. The van der Waals surface area contributed by atoms with Crippen LogP contribution in [0.3, 0.4) is 0 Å². The molecule has 7 heteroatoms. The van der Waals surface area contributed by atoms with Gasteiger partial charge in [-0.15, -0.1) is 11.8 Å². The van der Waals surface area contributed by atoms with Gasteiger partial charge in [-0.2, -0.15) is 0 Å². The Balaban J connectivity index is 0.000000232. The molecule has 0 radical (unpaired) electrons. The average Bonchev–Trinajstić information content (AvgIpc) is 3.79. The van der Waals surface area contributed by atoms with Crippen LogP contribution in [-0.4, -0.2) is 30.3 Å². The van der Waals surface area contributed by atoms with Gasteiger partial charge in [0.1, 0.15) is 24.7 Å². The number of hydrogen-bond donors (Lipinski definition) is 1. The minimum absolute atomic E-state index is 0. The second-order valence-corrected chi connectivity index (χ2v) is 15.2. The van der Waals surface area contributed by atoms with Crippen LogP contribution in [0.2, 0.25) is 0 Å². The largest absolute Gasteiger partial charge is 1.00 e. The third-order valence-corrected chi connectivity index (χ3v) is 11.4. The molecule has 2 aromatic carbocycles. The van der Waals surface area contributed by atoms with Crippen LogP contribution in [-0.2, 0) is 9.59 Å². The molecule has 6 nitrogen and oxygen atoms in total. The molecule has 0 aromatic heterocycles. The summed E-state index contributed by atoms with van der Waals surface area (Å²) in [6, 6.07) is 15.3. The van der Waals surface area contributed by atoms with Gasteiger partial charge in [-0.1, -0.05) is 73.9 Å². The second-order valence-electron chi connectivity index (χ2n) is 15.2. The molecular formula is C46H55NaO6. The summed E-state index contributed by atoms with van der Waals surface area (Å²) >= 11 is 0. The number of ether oxygens (including phenoxy) is 2. The standard InChI is InChI=1S/2C23H28O3.Na/c2*1-2-6-20(15-22(24)25)19-8-10-21(11-9-19)26-17-18-7-5-14-23(16-18)12-3-4-13-23;/h2*8-11,16,20H,3-5,7,12-15,17H2,1H3,(H,24,25);/q;;+1/p-1/t2*20-;/m00./s1. The number of hydrogen-bond acceptors (Lipinski definition) is 5. The molecule has 276 valence electrons. The van der Waals surface area contributed by atoms with Crippen molar-refractivity contribution >= 4 is 11.9 Å². The smallest absolute Gasteiger partial charge is 0.550 e. The van der Waals surface area contributed by atoms with E-state index in [4.69, 9.17) is 14.6 Å². The first-order chi connectivity index (χ1) is 25.2. The summed E-state index contributed by atoms with van der Waals surface area (Å²) in [6.07, 6.45) is 23.3. The number of carboxylic acids is 2. The maximum absolute atomic E-state index is 11.0. The number of carboxylic acid groups (broad SMARTS) is 2. The van der Waals surface area contributed by atoms with Gasteiger partial charge in [0.25, 0.3) is 0 Å². The Morgan fingerprint density at radius 1 is 0.660 bits per heavy atom. The maximum Gasteiger partial charge on any atom is 1.00 e. The van der Waals surface area contributed by atoms with Crippen LogP contribution in [0.1, 0.15) is 140 Å². The molecule has 0 heterocycles. The minimum Gasteiger partial charge on any atom is -0.550 e. The molecule has 2 aromatic rings. The number of carbonyl (C=O) groups is 2. The Labute approximate surface area is 339 Å². The maximum atomic E-state index is 11.0. The Morgan fingerprint density at radius 3 is 1.40 bits per heavy atom. The van der Waals surface area contributed by atoms with Gasteiger partial charge in [0.05, 0.1) is 18.3 Å². The van der Waals surface area contributed by atoms with Crippen LogP contribution in [0.5, 0.6) is 11.5 Å². The molecule has 0 saturated heterocycles. The van der Waals surface area contributed by atoms with Gasteiger partial charge in [-0.3, -0.25) is 4.79 Å². The third kappa shape index (κ3) is 12.8. The molecule has 6 rings (SSSR count). The van der Waals surface area contributed by atoms with E-state index in [0.717, 1.165) is 35.5 Å². The molecular weight excluding hydrogens is 671 g/mol. The summed E-state index contributed by atoms with van der Waals surface area (Å²) in [5.74, 6) is 10.7. The van der Waals surface area contributed by atoms with E-state index in [1.807, 2.05) is 48.5 Å². The Morgan fingerprint density at radius 2 is 1.04 bits per heavy atom. The zero-order chi connectivity index (χ0) is 36.8. The molecule has 0 aliphatic heterocycles. The van der Waals surface area contributed by atoms with E-state index in [9.17, 15) is 14.7 Å². The predicted octanol–water partition coefficient (Wildman–Crippen LogP) is 6.30. The third-order valence-electron chi connectivity index (χ3n) is 11.4. The molecule has 0 amide bonds. The Hall–Kier alpha value is -3.42. The number of benzene rings is 2. The van der Waals surface area contributed by atoms with Crippen molar-refractivity contribution in [3.05, 3.63) is 83.0 Å². The van der Waals surface area contributed by atoms with E-state index in [1.165, 1.54) is 88.2 Å². The summed E-state index contributed by atoms with van der Waals surface area (Å²) in [5, 5.41) is 19.9. The fourth-order valence-corrected chi connectivity index (χ4v) is 8.80. The van der Waals surface area contributed by atoms with E-state index >= 15 is 0 Å². The monoisotopic (exact) mass is 726 g/mol. The zero-order valence-corrected chi connectivity index (χ0v) is 34.1. The van der Waals surface area contributed by atoms with Crippen molar-refractivity contribution in [1.29, 1.82) is 0 Å². The molecule has 2 spiro atoms. The summed E-state index contributed by atoms with van der Waals surface area (Å²) in [4.78, 5) is 21.9. The number of rotatable bonds is 12. The van der Waals surface area contributed by atoms with Gasteiger partial charge in [-0.25, -0.2) is 0 Å². The number of allylic oxidation sites excluding steroid dienone is 2. The van der Waals surface area contributed by atoms with Crippen molar-refractivity contribution < 1.29 is 58.8 Å². The van der Waals surface area contributed by atoms with Gasteiger partial charge in [-0.05, 0) is 135 Å². The number of carbonyl (C=O) groups excluding carboxylic acids is 1. The summed E-state index contributed by atoms with van der Waals surface area (Å²) in [5.41, 5.74) is 5.59. The fraction of sp³-hybridized carbons (Fsp3) is 0.522. The molecule has 2 saturated carbocycles. The molecule has 4 aliphatic carbocycles. The van der Waals surface area contributed by atoms with Crippen LogP contribution in [0.15, 0.2) is 71.8 Å². The quantitative estimate of drug-likeness (QED) is 0.157. The van der Waals surface area contributed by atoms with Crippen molar-refractivity contribution in [2.75, 3.05) is 13.2 Å². The zero-order valence-electron chi connectivity index (χ0n) is 32.1. The fourth-order valence-electron chi connectivity index (χ4n) is 8.80. The van der Waals surface area contributed by atoms with Crippen molar-refractivity contribution in [1.82, 2.24) is 0 Å². The molecule has 0 bridgehead atoms. The van der Waals surface area contributed by atoms with E-state index in [-0.39, 0.29) is 54.2 Å². The van der Waals surface area contributed by atoms with E-state index < -0.39 is 11.9 Å².